The molecule has 78 valence electrons. The van der Waals surface area contributed by atoms with Gasteiger partial charge in [0.25, 0.3) is 0 Å². The van der Waals surface area contributed by atoms with E-state index in [-0.39, 0.29) is 0 Å². The van der Waals surface area contributed by atoms with E-state index in [0.717, 1.165) is 16.8 Å². The Balaban J connectivity index is 2.08. The summed E-state index contributed by atoms with van der Waals surface area (Å²) >= 11 is 3.37. The summed E-state index contributed by atoms with van der Waals surface area (Å²) in [6.07, 6.45) is 5.73. The number of rotatable bonds is 3. The highest BCUT2D eigenvalue weighted by atomic mass is 79.9. The van der Waals surface area contributed by atoms with Gasteiger partial charge in [0.2, 0.25) is 0 Å². The lowest BCUT2D eigenvalue weighted by atomic mass is 10.3. The average molecular weight is 266 g/mol. The standard InChI is InChI=1S/C11H12BrN3/c1-15(8-9-4-5-13-6-9)11-3-2-10(12)7-14-11/h2-7,13H,8H2,1H3. The van der Waals surface area contributed by atoms with E-state index in [4.69, 9.17) is 0 Å². The molecule has 0 unspecified atom stereocenters. The minimum atomic E-state index is 0.859. The number of nitrogens with one attached hydrogen (secondary N) is 1. The van der Waals surface area contributed by atoms with Gasteiger partial charge in [-0.25, -0.2) is 4.98 Å². The van der Waals surface area contributed by atoms with E-state index in [9.17, 15) is 0 Å². The second-order valence-electron chi connectivity index (χ2n) is 3.41. The minimum Gasteiger partial charge on any atom is -0.367 e. The summed E-state index contributed by atoms with van der Waals surface area (Å²) in [5, 5.41) is 0. The normalized spacial score (nSPS) is 10.3. The van der Waals surface area contributed by atoms with E-state index >= 15 is 0 Å². The highest BCUT2D eigenvalue weighted by Gasteiger charge is 2.03. The number of halogens is 1. The molecule has 0 aliphatic carbocycles. The van der Waals surface area contributed by atoms with Crippen molar-refractivity contribution in [3.63, 3.8) is 0 Å². The Hall–Kier alpha value is -1.29. The highest BCUT2D eigenvalue weighted by molar-refractivity contribution is 9.10. The van der Waals surface area contributed by atoms with Crippen molar-refractivity contribution in [2.75, 3.05) is 11.9 Å². The van der Waals surface area contributed by atoms with Crippen LogP contribution in [-0.2, 0) is 6.54 Å². The predicted molar refractivity (Wildman–Crippen MR) is 64.8 cm³/mol. The Kier molecular flexibility index (Phi) is 3.06. The van der Waals surface area contributed by atoms with E-state index in [1.165, 1.54) is 5.56 Å². The van der Waals surface area contributed by atoms with Gasteiger partial charge in [0.1, 0.15) is 5.82 Å². The fourth-order valence-corrected chi connectivity index (χ4v) is 1.64. The zero-order valence-corrected chi connectivity index (χ0v) is 10.0. The molecule has 0 aliphatic heterocycles. The molecule has 2 aromatic heterocycles. The highest BCUT2D eigenvalue weighted by Crippen LogP contribution is 2.15. The smallest absolute Gasteiger partial charge is 0.128 e. The van der Waals surface area contributed by atoms with Gasteiger partial charge in [-0.3, -0.25) is 0 Å². The van der Waals surface area contributed by atoms with Crippen LogP contribution in [0.3, 0.4) is 0 Å². The number of H-pyrrole nitrogens is 1. The summed E-state index contributed by atoms with van der Waals surface area (Å²) in [6.45, 7) is 0.859. The van der Waals surface area contributed by atoms with Gasteiger partial charge in [0, 0.05) is 36.7 Å². The molecule has 0 spiro atoms. The Morgan fingerprint density at radius 2 is 2.27 bits per heavy atom. The van der Waals surface area contributed by atoms with Crippen molar-refractivity contribution in [2.24, 2.45) is 0 Å². The number of hydrogen-bond acceptors (Lipinski definition) is 2. The molecule has 0 radical (unpaired) electrons. The maximum atomic E-state index is 4.33. The topological polar surface area (TPSA) is 31.9 Å². The molecule has 0 atom stereocenters. The maximum Gasteiger partial charge on any atom is 0.128 e. The van der Waals surface area contributed by atoms with Gasteiger partial charge < -0.3 is 9.88 Å². The summed E-state index contributed by atoms with van der Waals surface area (Å²) in [6, 6.07) is 6.06. The Morgan fingerprint density at radius 3 is 2.87 bits per heavy atom. The van der Waals surface area contributed by atoms with Crippen LogP contribution < -0.4 is 4.90 Å². The molecule has 0 amide bonds. The molecular weight excluding hydrogens is 254 g/mol. The van der Waals surface area contributed by atoms with Crippen molar-refractivity contribution in [1.82, 2.24) is 9.97 Å². The molecule has 2 aromatic rings. The molecule has 0 saturated carbocycles. The number of hydrogen-bond donors (Lipinski definition) is 1. The second kappa shape index (κ2) is 4.49. The Bertz CT molecular complexity index is 408. The van der Waals surface area contributed by atoms with Crippen LogP contribution in [0, 0.1) is 0 Å². The molecule has 3 nitrogen and oxygen atoms in total. The SMILES string of the molecule is CN(Cc1cc[nH]c1)c1ccc(Br)cn1. The molecule has 0 aromatic carbocycles. The number of pyridine rings is 1. The first-order chi connectivity index (χ1) is 7.25. The molecule has 15 heavy (non-hydrogen) atoms. The molecule has 0 fully saturated rings. The molecule has 0 bridgehead atoms. The van der Waals surface area contributed by atoms with Crippen molar-refractivity contribution in [3.8, 4) is 0 Å². The van der Waals surface area contributed by atoms with E-state index in [1.807, 2.05) is 37.8 Å². The van der Waals surface area contributed by atoms with Crippen LogP contribution in [0.4, 0.5) is 5.82 Å². The van der Waals surface area contributed by atoms with Gasteiger partial charge in [0.05, 0.1) is 0 Å². The lowest BCUT2D eigenvalue weighted by molar-refractivity contribution is 0.898. The number of aromatic amines is 1. The first-order valence-electron chi connectivity index (χ1n) is 4.70. The van der Waals surface area contributed by atoms with Crippen LogP contribution in [0.1, 0.15) is 5.56 Å². The third-order valence-corrected chi connectivity index (χ3v) is 2.65. The third kappa shape index (κ3) is 2.59. The van der Waals surface area contributed by atoms with Crippen LogP contribution in [-0.4, -0.2) is 17.0 Å². The van der Waals surface area contributed by atoms with Crippen LogP contribution in [0.2, 0.25) is 0 Å². The Labute approximate surface area is 97.3 Å². The van der Waals surface area contributed by atoms with Gasteiger partial charge in [-0.2, -0.15) is 0 Å². The van der Waals surface area contributed by atoms with Crippen LogP contribution in [0.5, 0.6) is 0 Å². The van der Waals surface area contributed by atoms with Crippen molar-refractivity contribution in [2.45, 2.75) is 6.54 Å². The average Bonchev–Trinajstić information content (AvgIpc) is 2.71. The molecule has 4 heteroatoms. The zero-order chi connectivity index (χ0) is 10.7. The summed E-state index contributed by atoms with van der Waals surface area (Å²) in [7, 11) is 2.03. The zero-order valence-electron chi connectivity index (χ0n) is 8.44. The second-order valence-corrected chi connectivity index (χ2v) is 4.33. The van der Waals surface area contributed by atoms with Crippen molar-refractivity contribution in [1.29, 1.82) is 0 Å². The summed E-state index contributed by atoms with van der Waals surface area (Å²) < 4.78 is 1.00. The lowest BCUT2D eigenvalue weighted by Gasteiger charge is -2.17. The monoisotopic (exact) mass is 265 g/mol. The van der Waals surface area contributed by atoms with Crippen LogP contribution >= 0.6 is 15.9 Å². The van der Waals surface area contributed by atoms with Gasteiger partial charge in [0.15, 0.2) is 0 Å². The molecule has 2 heterocycles. The first kappa shape index (κ1) is 10.2. The van der Waals surface area contributed by atoms with E-state index < -0.39 is 0 Å². The molecule has 2 rings (SSSR count). The van der Waals surface area contributed by atoms with E-state index in [0.29, 0.717) is 0 Å². The fraction of sp³-hybridized carbons (Fsp3) is 0.182. The van der Waals surface area contributed by atoms with Gasteiger partial charge in [-0.1, -0.05) is 0 Å². The van der Waals surface area contributed by atoms with E-state index in [2.05, 4.69) is 36.9 Å². The molecule has 1 N–H and O–H groups in total. The number of nitrogens with zero attached hydrogens (tertiary/aromatic N) is 2. The maximum absolute atomic E-state index is 4.33. The quantitative estimate of drug-likeness (QED) is 0.926. The Morgan fingerprint density at radius 1 is 1.40 bits per heavy atom. The summed E-state index contributed by atoms with van der Waals surface area (Å²) in [5.41, 5.74) is 1.25. The predicted octanol–water partition coefficient (Wildman–Crippen LogP) is 2.81. The number of anilines is 1. The molecule has 0 aliphatic rings. The third-order valence-electron chi connectivity index (χ3n) is 2.18. The fourth-order valence-electron chi connectivity index (χ4n) is 1.41. The molecule has 0 saturated heterocycles. The van der Waals surface area contributed by atoms with Crippen molar-refractivity contribution < 1.29 is 0 Å². The first-order valence-corrected chi connectivity index (χ1v) is 5.49. The summed E-state index contributed by atoms with van der Waals surface area (Å²) in [4.78, 5) is 9.48. The van der Waals surface area contributed by atoms with Gasteiger partial charge in [-0.05, 0) is 39.7 Å². The minimum absolute atomic E-state index is 0.859. The molecular formula is C11H12BrN3. The largest absolute Gasteiger partial charge is 0.367 e. The van der Waals surface area contributed by atoms with Crippen molar-refractivity contribution >= 4 is 21.7 Å². The van der Waals surface area contributed by atoms with Gasteiger partial charge in [-0.15, -0.1) is 0 Å². The van der Waals surface area contributed by atoms with Gasteiger partial charge >= 0.3 is 0 Å². The van der Waals surface area contributed by atoms with E-state index in [1.54, 1.807) is 0 Å². The summed E-state index contributed by atoms with van der Waals surface area (Å²) in [5.74, 6) is 0.972. The van der Waals surface area contributed by atoms with Crippen molar-refractivity contribution in [3.05, 3.63) is 46.8 Å². The van der Waals surface area contributed by atoms with Crippen LogP contribution in [0.25, 0.3) is 0 Å². The number of aromatic nitrogens is 2. The lowest BCUT2D eigenvalue weighted by Crippen LogP contribution is -2.16. The van der Waals surface area contributed by atoms with Crippen LogP contribution in [0.15, 0.2) is 41.3 Å².